The van der Waals surface area contributed by atoms with Crippen molar-refractivity contribution in [2.24, 2.45) is 4.99 Å². The summed E-state index contributed by atoms with van der Waals surface area (Å²) in [5.41, 5.74) is 1.95. The molecule has 0 amide bonds. The molecule has 82 valence electrons. The normalized spacial score (nSPS) is 10.4. The highest BCUT2D eigenvalue weighted by atomic mass is 16.5. The zero-order valence-corrected chi connectivity index (χ0v) is 9.50. The summed E-state index contributed by atoms with van der Waals surface area (Å²) in [4.78, 5) is 3.87. The highest BCUT2D eigenvalue weighted by Gasteiger charge is 2.11. The fourth-order valence-corrected chi connectivity index (χ4v) is 1.33. The van der Waals surface area contributed by atoms with Gasteiger partial charge in [-0.15, -0.1) is 0 Å². The van der Waals surface area contributed by atoms with Crippen molar-refractivity contribution in [1.29, 1.82) is 0 Å². The zero-order valence-electron chi connectivity index (χ0n) is 9.50. The van der Waals surface area contributed by atoms with Crippen LogP contribution in [0.3, 0.4) is 0 Å². The van der Waals surface area contributed by atoms with Gasteiger partial charge in [-0.3, -0.25) is 4.99 Å². The van der Waals surface area contributed by atoms with E-state index in [9.17, 15) is 0 Å². The van der Waals surface area contributed by atoms with Crippen LogP contribution in [0, 0.1) is 6.92 Å². The maximum Gasteiger partial charge on any atom is 0.184 e. The minimum Gasteiger partial charge on any atom is -0.493 e. The number of nitrogens with one attached hydrogen (secondary N) is 1. The van der Waals surface area contributed by atoms with Crippen molar-refractivity contribution >= 4 is 12.0 Å². The molecule has 0 saturated carbocycles. The van der Waals surface area contributed by atoms with E-state index in [1.165, 1.54) is 0 Å². The quantitative estimate of drug-likeness (QED) is 0.608. The van der Waals surface area contributed by atoms with E-state index < -0.39 is 0 Å². The zero-order chi connectivity index (χ0) is 11.3. The van der Waals surface area contributed by atoms with Gasteiger partial charge in [0, 0.05) is 7.05 Å². The van der Waals surface area contributed by atoms with Crippen LogP contribution in [-0.4, -0.2) is 27.6 Å². The molecule has 0 unspecified atom stereocenters. The first-order valence-corrected chi connectivity index (χ1v) is 4.63. The Labute approximate surface area is 89.9 Å². The van der Waals surface area contributed by atoms with Gasteiger partial charge in [-0.05, 0) is 18.6 Å². The summed E-state index contributed by atoms with van der Waals surface area (Å²) in [5.74, 6) is 1.40. The molecular weight excluding hydrogens is 192 g/mol. The first-order chi connectivity index (χ1) is 7.24. The minimum atomic E-state index is 0.692. The largest absolute Gasteiger partial charge is 0.493 e. The molecule has 0 heterocycles. The third kappa shape index (κ3) is 2.40. The van der Waals surface area contributed by atoms with Gasteiger partial charge in [0.1, 0.15) is 0 Å². The monoisotopic (exact) mass is 208 g/mol. The lowest BCUT2D eigenvalue weighted by atomic mass is 10.1. The van der Waals surface area contributed by atoms with Crippen molar-refractivity contribution in [2.45, 2.75) is 6.92 Å². The maximum absolute atomic E-state index is 5.30. The minimum absolute atomic E-state index is 0.692. The van der Waals surface area contributed by atoms with E-state index in [-0.39, 0.29) is 0 Å². The summed E-state index contributed by atoms with van der Waals surface area (Å²) in [6, 6.07) is 3.84. The smallest absolute Gasteiger partial charge is 0.184 e. The molecule has 0 radical (unpaired) electrons. The van der Waals surface area contributed by atoms with E-state index in [0.29, 0.717) is 11.5 Å². The summed E-state index contributed by atoms with van der Waals surface area (Å²) >= 11 is 0. The third-order valence-electron chi connectivity index (χ3n) is 2.09. The topological polar surface area (TPSA) is 42.9 Å². The molecule has 4 heteroatoms. The van der Waals surface area contributed by atoms with Crippen LogP contribution in [0.15, 0.2) is 17.1 Å². The number of benzene rings is 1. The number of aryl methyl sites for hydroxylation is 1. The Morgan fingerprint density at radius 3 is 2.53 bits per heavy atom. The summed E-state index contributed by atoms with van der Waals surface area (Å²) in [6.45, 7) is 1.99. The molecule has 0 aliphatic heterocycles. The van der Waals surface area contributed by atoms with E-state index in [1.807, 2.05) is 19.1 Å². The van der Waals surface area contributed by atoms with Gasteiger partial charge >= 0.3 is 0 Å². The van der Waals surface area contributed by atoms with Gasteiger partial charge in [0.2, 0.25) is 0 Å². The number of nitrogens with zero attached hydrogens (tertiary/aromatic N) is 1. The second kappa shape index (κ2) is 5.24. The van der Waals surface area contributed by atoms with Crippen LogP contribution in [0.25, 0.3) is 0 Å². The molecule has 0 fully saturated rings. The molecule has 1 aromatic carbocycles. The second-order valence-electron chi connectivity index (χ2n) is 3.02. The molecule has 0 aliphatic rings. The van der Waals surface area contributed by atoms with Crippen LogP contribution in [0.2, 0.25) is 0 Å². The van der Waals surface area contributed by atoms with E-state index in [0.717, 1.165) is 11.3 Å². The van der Waals surface area contributed by atoms with Crippen molar-refractivity contribution in [2.75, 3.05) is 26.6 Å². The van der Waals surface area contributed by atoms with E-state index in [4.69, 9.17) is 9.47 Å². The Morgan fingerprint density at radius 1 is 1.27 bits per heavy atom. The molecule has 4 nitrogen and oxygen atoms in total. The predicted octanol–water partition coefficient (Wildman–Crippen LogP) is 2.08. The van der Waals surface area contributed by atoms with Gasteiger partial charge < -0.3 is 14.8 Å². The number of methoxy groups -OCH3 is 2. The molecular formula is C11H16N2O2. The van der Waals surface area contributed by atoms with Crippen LogP contribution in [-0.2, 0) is 0 Å². The van der Waals surface area contributed by atoms with Crippen LogP contribution in [0.4, 0.5) is 5.69 Å². The Hall–Kier alpha value is -1.71. The van der Waals surface area contributed by atoms with E-state index >= 15 is 0 Å². The Morgan fingerprint density at radius 2 is 2.00 bits per heavy atom. The standard InChI is InChI=1S/C11H16N2O2/c1-8-5-6-9(14-3)11(15-4)10(8)13-7-12-2/h5-7H,1-4H3,(H,12,13). The first kappa shape index (κ1) is 11.4. The van der Waals surface area contributed by atoms with Gasteiger partial charge in [0.25, 0.3) is 0 Å². The van der Waals surface area contributed by atoms with E-state index in [1.54, 1.807) is 27.6 Å². The summed E-state index contributed by atoms with van der Waals surface area (Å²) in [6.07, 6.45) is 1.62. The fraction of sp³-hybridized carbons (Fsp3) is 0.364. The highest BCUT2D eigenvalue weighted by molar-refractivity contribution is 5.82. The van der Waals surface area contributed by atoms with Crippen molar-refractivity contribution in [1.82, 2.24) is 0 Å². The molecule has 1 rings (SSSR count). The third-order valence-corrected chi connectivity index (χ3v) is 2.09. The van der Waals surface area contributed by atoms with Gasteiger partial charge in [-0.2, -0.15) is 0 Å². The Kier molecular flexibility index (Phi) is 3.97. The average Bonchev–Trinajstić information content (AvgIpc) is 2.27. The lowest BCUT2D eigenvalue weighted by molar-refractivity contribution is 0.356. The van der Waals surface area contributed by atoms with Gasteiger partial charge in [-0.1, -0.05) is 6.07 Å². The maximum atomic E-state index is 5.30. The van der Waals surface area contributed by atoms with Crippen LogP contribution in [0.1, 0.15) is 5.56 Å². The molecule has 0 atom stereocenters. The van der Waals surface area contributed by atoms with E-state index in [2.05, 4.69) is 10.3 Å². The number of anilines is 1. The molecule has 0 bridgehead atoms. The lowest BCUT2D eigenvalue weighted by Gasteiger charge is -2.14. The molecule has 1 N–H and O–H groups in total. The molecule has 0 saturated heterocycles. The van der Waals surface area contributed by atoms with Crippen molar-refractivity contribution in [3.05, 3.63) is 17.7 Å². The first-order valence-electron chi connectivity index (χ1n) is 4.63. The molecule has 0 spiro atoms. The predicted molar refractivity (Wildman–Crippen MR) is 62.3 cm³/mol. The number of hydrogen-bond donors (Lipinski definition) is 1. The lowest BCUT2D eigenvalue weighted by Crippen LogP contribution is -2.01. The molecule has 1 aromatic rings. The summed E-state index contributed by atoms with van der Waals surface area (Å²) in [5, 5.41) is 3.06. The average molecular weight is 208 g/mol. The van der Waals surface area contributed by atoms with Crippen LogP contribution >= 0.6 is 0 Å². The fourth-order valence-electron chi connectivity index (χ4n) is 1.33. The van der Waals surface area contributed by atoms with Gasteiger partial charge in [-0.25, -0.2) is 0 Å². The molecule has 0 aromatic heterocycles. The highest BCUT2D eigenvalue weighted by Crippen LogP contribution is 2.37. The summed E-state index contributed by atoms with van der Waals surface area (Å²) in [7, 11) is 4.94. The van der Waals surface area contributed by atoms with Crippen molar-refractivity contribution in [3.63, 3.8) is 0 Å². The Bertz CT molecular complexity index is 362. The summed E-state index contributed by atoms with van der Waals surface area (Å²) < 4.78 is 10.5. The van der Waals surface area contributed by atoms with Gasteiger partial charge in [0.05, 0.1) is 26.2 Å². The van der Waals surface area contributed by atoms with Gasteiger partial charge in [0.15, 0.2) is 11.5 Å². The van der Waals surface area contributed by atoms with Crippen LogP contribution in [0.5, 0.6) is 11.5 Å². The second-order valence-corrected chi connectivity index (χ2v) is 3.02. The van der Waals surface area contributed by atoms with Crippen molar-refractivity contribution in [3.8, 4) is 11.5 Å². The van der Waals surface area contributed by atoms with Crippen LogP contribution < -0.4 is 14.8 Å². The van der Waals surface area contributed by atoms with Crippen molar-refractivity contribution < 1.29 is 9.47 Å². The number of hydrogen-bond acceptors (Lipinski definition) is 3. The molecule has 15 heavy (non-hydrogen) atoms. The number of rotatable bonds is 4. The SMILES string of the molecule is CN=CNc1c(C)ccc(OC)c1OC. The number of aliphatic imine (C=N–C) groups is 1. The number of ether oxygens (including phenoxy) is 2. The molecule has 0 aliphatic carbocycles. The Balaban J connectivity index is 3.19.